The van der Waals surface area contributed by atoms with Crippen molar-refractivity contribution in [3.8, 4) is 11.1 Å². The second kappa shape index (κ2) is 9.62. The first-order valence-electron chi connectivity index (χ1n) is 10.2. The summed E-state index contributed by atoms with van der Waals surface area (Å²) in [4.78, 5) is 12.3. The van der Waals surface area contributed by atoms with Crippen LogP contribution >= 0.6 is 15.9 Å². The zero-order chi connectivity index (χ0) is 21.8. The molecule has 1 aliphatic carbocycles. The molecule has 0 spiro atoms. The molecule has 31 heavy (non-hydrogen) atoms. The van der Waals surface area contributed by atoms with Crippen molar-refractivity contribution in [2.24, 2.45) is 5.92 Å². The van der Waals surface area contributed by atoms with Gasteiger partial charge in [-0.15, -0.1) is 0 Å². The van der Waals surface area contributed by atoms with Gasteiger partial charge in [0, 0.05) is 25.0 Å². The monoisotopic (exact) mass is 483 g/mol. The Balaban J connectivity index is 1.33. The molecular weight excluding hydrogens is 461 g/mol. The highest BCUT2D eigenvalue weighted by Gasteiger charge is 2.29. The first kappa shape index (κ1) is 21.5. The van der Waals surface area contributed by atoms with Gasteiger partial charge in [0.2, 0.25) is 0 Å². The second-order valence-electron chi connectivity index (χ2n) is 7.71. The number of alkyl carbamates (subject to hydrolysis) is 1. The molecule has 1 atom stereocenters. The fourth-order valence-electron chi connectivity index (χ4n) is 4.08. The van der Waals surface area contributed by atoms with E-state index in [-0.39, 0.29) is 37.4 Å². The Labute approximate surface area is 189 Å². The van der Waals surface area contributed by atoms with Crippen LogP contribution in [0.2, 0.25) is 0 Å². The van der Waals surface area contributed by atoms with Crippen LogP contribution in [0.4, 0.5) is 9.18 Å². The number of ether oxygens (including phenoxy) is 1. The van der Waals surface area contributed by atoms with Gasteiger partial charge in [0.1, 0.15) is 12.4 Å². The molecule has 1 aliphatic rings. The standard InChI is InChI=1S/C25H23BrFNO3/c26-23-12-16(9-10-24(23)27)11-17(14-29)13-28-25(30)31-15-22-20-7-3-1-5-18(20)19-6-2-4-8-21(19)22/h1-10,12,17,22,29H,11,13-15H2,(H,28,30). The topological polar surface area (TPSA) is 58.6 Å². The van der Waals surface area contributed by atoms with Gasteiger partial charge in [0.05, 0.1) is 4.47 Å². The van der Waals surface area contributed by atoms with Gasteiger partial charge in [0.25, 0.3) is 0 Å². The summed E-state index contributed by atoms with van der Waals surface area (Å²) in [5.41, 5.74) is 5.55. The Morgan fingerprint density at radius 3 is 2.32 bits per heavy atom. The largest absolute Gasteiger partial charge is 0.449 e. The smallest absolute Gasteiger partial charge is 0.407 e. The van der Waals surface area contributed by atoms with E-state index in [0.29, 0.717) is 10.9 Å². The molecule has 4 rings (SSSR count). The number of rotatable bonds is 7. The molecule has 1 unspecified atom stereocenters. The molecule has 0 aromatic heterocycles. The van der Waals surface area contributed by atoms with E-state index < -0.39 is 6.09 Å². The molecule has 3 aromatic rings. The van der Waals surface area contributed by atoms with Gasteiger partial charge in [-0.3, -0.25) is 0 Å². The summed E-state index contributed by atoms with van der Waals surface area (Å²) in [6, 6.07) is 21.1. The van der Waals surface area contributed by atoms with Gasteiger partial charge >= 0.3 is 6.09 Å². The number of carbonyl (C=O) groups excluding carboxylic acids is 1. The average molecular weight is 484 g/mol. The van der Waals surface area contributed by atoms with Crippen LogP contribution < -0.4 is 5.32 Å². The molecule has 1 amide bonds. The molecule has 0 fully saturated rings. The maximum Gasteiger partial charge on any atom is 0.407 e. The summed E-state index contributed by atoms with van der Waals surface area (Å²) in [6.45, 7) is 0.412. The first-order chi connectivity index (χ1) is 15.1. The lowest BCUT2D eigenvalue weighted by Gasteiger charge is -2.17. The van der Waals surface area contributed by atoms with Crippen molar-refractivity contribution in [2.75, 3.05) is 19.8 Å². The molecule has 3 aromatic carbocycles. The van der Waals surface area contributed by atoms with Crippen molar-refractivity contribution in [1.82, 2.24) is 5.32 Å². The predicted molar refractivity (Wildman–Crippen MR) is 121 cm³/mol. The van der Waals surface area contributed by atoms with Crippen molar-refractivity contribution in [2.45, 2.75) is 12.3 Å². The SMILES string of the molecule is O=C(NCC(CO)Cc1ccc(F)c(Br)c1)OCC1c2ccccc2-c2ccccc21. The van der Waals surface area contributed by atoms with Gasteiger partial charge in [-0.2, -0.15) is 0 Å². The van der Waals surface area contributed by atoms with Crippen LogP contribution in [0.1, 0.15) is 22.6 Å². The number of benzene rings is 3. The van der Waals surface area contributed by atoms with E-state index in [4.69, 9.17) is 4.74 Å². The van der Waals surface area contributed by atoms with E-state index in [0.717, 1.165) is 16.7 Å². The molecule has 6 heteroatoms. The maximum atomic E-state index is 13.4. The number of fused-ring (bicyclic) bond motifs is 3. The van der Waals surface area contributed by atoms with Crippen molar-refractivity contribution in [3.63, 3.8) is 0 Å². The Bertz CT molecular complexity index is 1040. The summed E-state index contributed by atoms with van der Waals surface area (Å²) >= 11 is 3.17. The van der Waals surface area contributed by atoms with Crippen molar-refractivity contribution < 1.29 is 19.0 Å². The molecule has 4 nitrogen and oxygen atoms in total. The number of amides is 1. The number of carbonyl (C=O) groups is 1. The number of hydrogen-bond donors (Lipinski definition) is 2. The summed E-state index contributed by atoms with van der Waals surface area (Å²) in [5.74, 6) is -0.526. The van der Waals surface area contributed by atoms with Gasteiger partial charge < -0.3 is 15.2 Å². The minimum absolute atomic E-state index is 0.00311. The Kier molecular flexibility index (Phi) is 6.68. The van der Waals surface area contributed by atoms with Crippen molar-refractivity contribution >= 4 is 22.0 Å². The number of aliphatic hydroxyl groups is 1. The highest BCUT2D eigenvalue weighted by atomic mass is 79.9. The van der Waals surface area contributed by atoms with Gasteiger partial charge in [-0.05, 0) is 62.3 Å². The van der Waals surface area contributed by atoms with Crippen LogP contribution in [0.25, 0.3) is 11.1 Å². The van der Waals surface area contributed by atoms with Crippen LogP contribution in [-0.4, -0.2) is 31.0 Å². The average Bonchev–Trinajstić information content (AvgIpc) is 3.11. The molecule has 0 saturated carbocycles. The van der Waals surface area contributed by atoms with Crippen LogP contribution in [0.3, 0.4) is 0 Å². The predicted octanol–water partition coefficient (Wildman–Crippen LogP) is 5.28. The Hall–Kier alpha value is -2.70. The molecule has 2 N–H and O–H groups in total. The summed E-state index contributed by atoms with van der Waals surface area (Å²) in [7, 11) is 0. The third kappa shape index (κ3) is 4.81. The lowest BCUT2D eigenvalue weighted by atomic mass is 9.98. The summed E-state index contributed by atoms with van der Waals surface area (Å²) in [6.07, 6.45) is -0.000402. The van der Waals surface area contributed by atoms with E-state index in [1.165, 1.54) is 17.2 Å². The van der Waals surface area contributed by atoms with Crippen LogP contribution in [-0.2, 0) is 11.2 Å². The van der Waals surface area contributed by atoms with E-state index in [9.17, 15) is 14.3 Å². The van der Waals surface area contributed by atoms with Crippen LogP contribution in [0.15, 0.2) is 71.2 Å². The molecule has 160 valence electrons. The maximum absolute atomic E-state index is 13.4. The second-order valence-corrected chi connectivity index (χ2v) is 8.56. The fraction of sp³-hybridized carbons (Fsp3) is 0.240. The highest BCUT2D eigenvalue weighted by molar-refractivity contribution is 9.10. The number of nitrogens with one attached hydrogen (secondary N) is 1. The third-order valence-corrected chi connectivity index (χ3v) is 6.25. The van der Waals surface area contributed by atoms with E-state index >= 15 is 0 Å². The Morgan fingerprint density at radius 1 is 1.06 bits per heavy atom. The Morgan fingerprint density at radius 2 is 1.71 bits per heavy atom. The third-order valence-electron chi connectivity index (χ3n) is 5.65. The van der Waals surface area contributed by atoms with Gasteiger partial charge in [0.15, 0.2) is 0 Å². The van der Waals surface area contributed by atoms with Crippen molar-refractivity contribution in [3.05, 3.63) is 93.7 Å². The van der Waals surface area contributed by atoms with E-state index in [2.05, 4.69) is 45.5 Å². The molecule has 0 aliphatic heterocycles. The molecule has 0 radical (unpaired) electrons. The normalized spacial score (nSPS) is 13.4. The van der Waals surface area contributed by atoms with Crippen LogP contribution in [0.5, 0.6) is 0 Å². The first-order valence-corrected chi connectivity index (χ1v) is 11.0. The minimum atomic E-state index is -0.513. The number of hydrogen-bond acceptors (Lipinski definition) is 3. The lowest BCUT2D eigenvalue weighted by molar-refractivity contribution is 0.138. The molecule has 0 bridgehead atoms. The molecule has 0 heterocycles. The zero-order valence-corrected chi connectivity index (χ0v) is 18.4. The fourth-order valence-corrected chi connectivity index (χ4v) is 4.50. The number of halogens is 2. The number of aliphatic hydroxyl groups excluding tert-OH is 1. The van der Waals surface area contributed by atoms with E-state index in [1.54, 1.807) is 12.1 Å². The summed E-state index contributed by atoms with van der Waals surface area (Å²) in [5, 5.41) is 12.4. The van der Waals surface area contributed by atoms with Gasteiger partial charge in [-0.1, -0.05) is 54.6 Å². The van der Waals surface area contributed by atoms with Crippen molar-refractivity contribution in [1.29, 1.82) is 0 Å². The molecular formula is C25H23BrFNO3. The van der Waals surface area contributed by atoms with Crippen LogP contribution in [0, 0.1) is 11.7 Å². The summed E-state index contributed by atoms with van der Waals surface area (Å²) < 4.78 is 19.3. The van der Waals surface area contributed by atoms with Gasteiger partial charge in [-0.25, -0.2) is 9.18 Å². The lowest BCUT2D eigenvalue weighted by Crippen LogP contribution is -2.33. The highest BCUT2D eigenvalue weighted by Crippen LogP contribution is 2.44. The zero-order valence-electron chi connectivity index (χ0n) is 16.9. The quantitative estimate of drug-likeness (QED) is 0.480. The van der Waals surface area contributed by atoms with E-state index in [1.807, 2.05) is 24.3 Å². The minimum Gasteiger partial charge on any atom is -0.449 e. The molecule has 0 saturated heterocycles.